The smallest absolute Gasteiger partial charge is 0.350 e. The van der Waals surface area contributed by atoms with E-state index in [1.807, 2.05) is 6.92 Å². The summed E-state index contributed by atoms with van der Waals surface area (Å²) in [6.45, 7) is 10.7. The average molecular weight is 649 g/mol. The highest BCUT2D eigenvalue weighted by Crippen LogP contribution is 2.46. The first-order valence-electron chi connectivity index (χ1n) is 15.1. The number of aromatic nitrogens is 1. The van der Waals surface area contributed by atoms with Gasteiger partial charge in [-0.05, 0) is 56.2 Å². The summed E-state index contributed by atoms with van der Waals surface area (Å²) in [5, 5.41) is 11.8. The molecule has 0 bridgehead atoms. The van der Waals surface area contributed by atoms with Crippen molar-refractivity contribution in [2.45, 2.75) is 46.1 Å². The molecule has 0 saturated carbocycles. The number of esters is 1. The molecule has 1 N–H and O–H groups in total. The normalized spacial score (nSPS) is 16.8. The Morgan fingerprint density at radius 1 is 1.09 bits per heavy atom. The predicted octanol–water partition coefficient (Wildman–Crippen LogP) is 6.16. The van der Waals surface area contributed by atoms with Crippen LogP contribution in [0.2, 0.25) is 0 Å². The summed E-state index contributed by atoms with van der Waals surface area (Å²) in [5.74, 6) is -1.02. The molecule has 2 aliphatic heterocycles. The van der Waals surface area contributed by atoms with Crippen LogP contribution in [0.3, 0.4) is 0 Å². The Morgan fingerprint density at radius 3 is 2.61 bits per heavy atom. The topological polar surface area (TPSA) is 134 Å². The molecular weight excluding hydrogens is 612 g/mol. The van der Waals surface area contributed by atoms with Crippen molar-refractivity contribution in [3.05, 3.63) is 76.3 Å². The summed E-state index contributed by atoms with van der Waals surface area (Å²) in [6, 6.07) is 8.81. The molecule has 3 heterocycles. The Morgan fingerprint density at radius 2 is 1.87 bits per heavy atom. The molecule has 1 amide bonds. The lowest BCUT2D eigenvalue weighted by Gasteiger charge is -2.24. The van der Waals surface area contributed by atoms with Crippen LogP contribution in [-0.2, 0) is 14.3 Å². The molecule has 0 aliphatic carbocycles. The molecule has 2 aliphatic rings. The van der Waals surface area contributed by atoms with Crippen LogP contribution in [-0.4, -0.2) is 60.8 Å². The Balaban J connectivity index is 1.64. The highest BCUT2D eigenvalue weighted by molar-refractivity contribution is 7.17. The molecule has 242 valence electrons. The fraction of sp³-hybridized carbons (Fsp3) is 0.353. The van der Waals surface area contributed by atoms with Crippen molar-refractivity contribution in [2.75, 3.05) is 37.9 Å². The fourth-order valence-electron chi connectivity index (χ4n) is 5.18. The van der Waals surface area contributed by atoms with Gasteiger partial charge in [0.2, 0.25) is 0 Å². The minimum Gasteiger partial charge on any atom is -0.507 e. The van der Waals surface area contributed by atoms with E-state index in [9.17, 15) is 19.5 Å². The molecule has 1 atom stereocenters. The number of anilines is 1. The van der Waals surface area contributed by atoms with E-state index in [4.69, 9.17) is 23.7 Å². The summed E-state index contributed by atoms with van der Waals surface area (Å²) in [5.41, 5.74) is 0.889. The monoisotopic (exact) mass is 648 g/mol. The summed E-state index contributed by atoms with van der Waals surface area (Å²) >= 11 is 0.917. The van der Waals surface area contributed by atoms with Crippen LogP contribution in [0.25, 0.3) is 5.76 Å². The van der Waals surface area contributed by atoms with Crippen molar-refractivity contribution in [1.29, 1.82) is 0 Å². The number of thiazole rings is 1. The minimum absolute atomic E-state index is 0.00137. The van der Waals surface area contributed by atoms with Crippen LogP contribution in [0.5, 0.6) is 23.0 Å². The first-order valence-corrected chi connectivity index (χ1v) is 16.0. The summed E-state index contributed by atoms with van der Waals surface area (Å²) < 4.78 is 28.4. The maximum Gasteiger partial charge on any atom is 0.350 e. The number of hydrogen-bond acceptors (Lipinski definition) is 11. The standard InChI is InChI=1S/C34H36N2O9S/c1-5-8-9-15-42-23-12-10-21(18-25(23)41-7-3)28-27(29(37)22-11-13-24-26(19-22)44-17-16-43-24)30(38)32(39)36(28)34-35-20(4)31(46-34)33(40)45-14-6-2/h6,10-13,18-19,28,37H,2,5,7-9,14-17H2,1,3-4H3/b29-27-. The zero-order valence-corrected chi connectivity index (χ0v) is 26.8. The van der Waals surface area contributed by atoms with Gasteiger partial charge in [-0.2, -0.15) is 0 Å². The zero-order chi connectivity index (χ0) is 32.8. The van der Waals surface area contributed by atoms with E-state index in [1.54, 1.807) is 43.3 Å². The van der Waals surface area contributed by atoms with E-state index in [2.05, 4.69) is 18.5 Å². The number of aryl methyl sites for hydroxylation is 1. The maximum atomic E-state index is 13.8. The van der Waals surface area contributed by atoms with E-state index in [0.717, 1.165) is 30.6 Å². The Labute approximate surface area is 271 Å². The molecule has 46 heavy (non-hydrogen) atoms. The third-order valence-electron chi connectivity index (χ3n) is 7.36. The van der Waals surface area contributed by atoms with E-state index in [0.29, 0.717) is 60.7 Å². The number of nitrogens with zero attached hydrogens (tertiary/aromatic N) is 2. The minimum atomic E-state index is -1.12. The van der Waals surface area contributed by atoms with Gasteiger partial charge in [0, 0.05) is 5.56 Å². The molecular formula is C34H36N2O9S. The van der Waals surface area contributed by atoms with E-state index in [-0.39, 0.29) is 27.8 Å². The molecule has 0 spiro atoms. The molecule has 3 aromatic rings. The van der Waals surface area contributed by atoms with Gasteiger partial charge in [-0.15, -0.1) is 0 Å². The molecule has 1 saturated heterocycles. The van der Waals surface area contributed by atoms with Gasteiger partial charge in [0.25, 0.3) is 5.78 Å². The predicted molar refractivity (Wildman–Crippen MR) is 172 cm³/mol. The van der Waals surface area contributed by atoms with Crippen molar-refractivity contribution in [3.8, 4) is 23.0 Å². The highest BCUT2D eigenvalue weighted by Gasteiger charge is 2.49. The van der Waals surface area contributed by atoms with Crippen molar-refractivity contribution in [2.24, 2.45) is 0 Å². The van der Waals surface area contributed by atoms with Gasteiger partial charge in [0.1, 0.15) is 30.5 Å². The lowest BCUT2D eigenvalue weighted by atomic mass is 9.95. The highest BCUT2D eigenvalue weighted by atomic mass is 32.1. The average Bonchev–Trinajstić information content (AvgIpc) is 3.57. The number of unbranched alkanes of at least 4 members (excludes halogenated alkanes) is 2. The van der Waals surface area contributed by atoms with Crippen molar-refractivity contribution in [1.82, 2.24) is 4.98 Å². The van der Waals surface area contributed by atoms with Crippen molar-refractivity contribution >= 4 is 39.9 Å². The molecule has 1 fully saturated rings. The first kappa shape index (κ1) is 32.6. The third-order valence-corrected chi connectivity index (χ3v) is 8.49. The van der Waals surface area contributed by atoms with Crippen LogP contribution in [0.15, 0.2) is 54.6 Å². The Bertz CT molecular complexity index is 1680. The number of carbonyl (C=O) groups excluding carboxylic acids is 3. The Hall–Kier alpha value is -4.84. The molecule has 11 nitrogen and oxygen atoms in total. The van der Waals surface area contributed by atoms with Gasteiger partial charge in [0.15, 0.2) is 28.1 Å². The van der Waals surface area contributed by atoms with Gasteiger partial charge in [-0.3, -0.25) is 14.5 Å². The number of carbonyl (C=O) groups is 3. The number of ether oxygens (including phenoxy) is 5. The first-order chi connectivity index (χ1) is 22.3. The zero-order valence-electron chi connectivity index (χ0n) is 26.0. The number of ketones is 1. The second-order valence-electron chi connectivity index (χ2n) is 10.5. The quantitative estimate of drug-likeness (QED) is 0.0574. The molecule has 0 radical (unpaired) electrons. The molecule has 12 heteroatoms. The second-order valence-corrected chi connectivity index (χ2v) is 11.5. The third kappa shape index (κ3) is 6.57. The molecule has 2 aromatic carbocycles. The number of aliphatic hydroxyl groups is 1. The van der Waals surface area contributed by atoms with Crippen molar-refractivity contribution < 1.29 is 43.2 Å². The summed E-state index contributed by atoms with van der Waals surface area (Å²) in [7, 11) is 0. The number of benzene rings is 2. The number of fused-ring (bicyclic) bond motifs is 1. The van der Waals surface area contributed by atoms with Gasteiger partial charge < -0.3 is 28.8 Å². The second kappa shape index (κ2) is 14.5. The van der Waals surface area contributed by atoms with Gasteiger partial charge in [0.05, 0.1) is 30.5 Å². The largest absolute Gasteiger partial charge is 0.507 e. The van der Waals surface area contributed by atoms with Crippen LogP contribution >= 0.6 is 11.3 Å². The summed E-state index contributed by atoms with van der Waals surface area (Å²) in [6.07, 6.45) is 4.39. The maximum absolute atomic E-state index is 13.8. The van der Waals surface area contributed by atoms with Crippen LogP contribution in [0.1, 0.15) is 65.6 Å². The number of rotatable bonds is 13. The van der Waals surface area contributed by atoms with Gasteiger partial charge >= 0.3 is 11.9 Å². The number of hydrogen-bond donors (Lipinski definition) is 1. The lowest BCUT2D eigenvalue weighted by molar-refractivity contribution is -0.132. The van der Waals surface area contributed by atoms with E-state index >= 15 is 0 Å². The van der Waals surface area contributed by atoms with Crippen LogP contribution in [0.4, 0.5) is 5.13 Å². The molecule has 1 aromatic heterocycles. The lowest BCUT2D eigenvalue weighted by Crippen LogP contribution is -2.29. The number of amides is 1. The number of Topliss-reactive ketones (excluding diaryl/α,β-unsaturated/α-hetero) is 1. The van der Waals surface area contributed by atoms with E-state index in [1.165, 1.54) is 11.0 Å². The fourth-order valence-corrected chi connectivity index (χ4v) is 6.17. The summed E-state index contributed by atoms with van der Waals surface area (Å²) in [4.78, 5) is 46.2. The number of aliphatic hydroxyl groups excluding tert-OH is 1. The van der Waals surface area contributed by atoms with Crippen LogP contribution in [0, 0.1) is 6.92 Å². The molecule has 5 rings (SSSR count). The van der Waals surface area contributed by atoms with Gasteiger partial charge in [-0.25, -0.2) is 9.78 Å². The molecule has 1 unspecified atom stereocenters. The van der Waals surface area contributed by atoms with Gasteiger partial charge in [-0.1, -0.05) is 49.8 Å². The SMILES string of the molecule is C=CCOC(=O)c1sc(N2C(=O)C(=O)/C(=C(\O)c3ccc4c(c3)OCCO4)C2c2ccc(OCCCCC)c(OCC)c2)nc1C. The van der Waals surface area contributed by atoms with Crippen molar-refractivity contribution in [3.63, 3.8) is 0 Å². The van der Waals surface area contributed by atoms with Crippen LogP contribution < -0.4 is 23.8 Å². The Kier molecular flexibility index (Phi) is 10.3. The van der Waals surface area contributed by atoms with E-state index < -0.39 is 29.5 Å².